The first-order valence-corrected chi connectivity index (χ1v) is 11.0. The summed E-state index contributed by atoms with van der Waals surface area (Å²) in [7, 11) is 0. The van der Waals surface area contributed by atoms with Crippen LogP contribution in [0.4, 0.5) is 5.69 Å². The number of thioether (sulfide) groups is 1. The van der Waals surface area contributed by atoms with E-state index in [1.807, 2.05) is 23.1 Å². The molecule has 2 aromatic heterocycles. The van der Waals surface area contributed by atoms with Crippen LogP contribution in [0.5, 0.6) is 0 Å². The Morgan fingerprint density at radius 1 is 1.26 bits per heavy atom. The molecule has 0 unspecified atom stereocenters. The van der Waals surface area contributed by atoms with Gasteiger partial charge in [0.05, 0.1) is 5.75 Å². The maximum Gasteiger partial charge on any atom is 0.237 e. The Bertz CT molecular complexity index is 1030. The van der Waals surface area contributed by atoms with E-state index in [1.54, 1.807) is 23.1 Å². The van der Waals surface area contributed by atoms with Crippen molar-refractivity contribution in [3.8, 4) is 0 Å². The van der Waals surface area contributed by atoms with Crippen molar-refractivity contribution in [3.63, 3.8) is 0 Å². The van der Waals surface area contributed by atoms with Gasteiger partial charge in [0.2, 0.25) is 5.91 Å². The third kappa shape index (κ3) is 3.36. The molecule has 140 valence electrons. The number of amides is 1. The molecular weight excluding hydrogens is 374 g/mol. The molecule has 0 fully saturated rings. The molecule has 0 bridgehead atoms. The smallest absolute Gasteiger partial charge is 0.237 e. The number of thiophene rings is 1. The van der Waals surface area contributed by atoms with E-state index in [0.717, 1.165) is 39.7 Å². The van der Waals surface area contributed by atoms with E-state index in [-0.39, 0.29) is 11.8 Å². The van der Waals surface area contributed by atoms with E-state index in [2.05, 4.69) is 33.8 Å². The molecule has 1 amide bonds. The fourth-order valence-corrected chi connectivity index (χ4v) is 5.47. The number of rotatable bonds is 4. The summed E-state index contributed by atoms with van der Waals surface area (Å²) in [6.07, 6.45) is 0.935. The van der Waals surface area contributed by atoms with Gasteiger partial charge < -0.3 is 4.90 Å². The van der Waals surface area contributed by atoms with Gasteiger partial charge in [-0.15, -0.1) is 11.3 Å². The Hall–Kier alpha value is -1.92. The van der Waals surface area contributed by atoms with Gasteiger partial charge in [-0.25, -0.2) is 9.97 Å². The second-order valence-electron chi connectivity index (χ2n) is 7.22. The van der Waals surface area contributed by atoms with Crippen LogP contribution in [0.3, 0.4) is 0 Å². The molecule has 0 radical (unpaired) electrons. The quantitative estimate of drug-likeness (QED) is 0.453. The molecule has 1 aromatic carbocycles. The third-order valence-corrected chi connectivity index (χ3v) is 7.11. The van der Waals surface area contributed by atoms with Crippen molar-refractivity contribution in [2.45, 2.75) is 45.1 Å². The van der Waals surface area contributed by atoms with Crippen LogP contribution in [-0.2, 0) is 11.2 Å². The van der Waals surface area contributed by atoms with Gasteiger partial charge in [0.25, 0.3) is 0 Å². The van der Waals surface area contributed by atoms with Gasteiger partial charge in [0.15, 0.2) is 0 Å². The Morgan fingerprint density at radius 2 is 2.04 bits per heavy atom. The maximum absolute atomic E-state index is 12.9. The molecule has 0 saturated heterocycles. The number of carbonyl (C=O) groups is 1. The summed E-state index contributed by atoms with van der Waals surface area (Å²) in [6.45, 7) is 9.23. The lowest BCUT2D eigenvalue weighted by Crippen LogP contribution is -2.30. The molecule has 0 atom stereocenters. The van der Waals surface area contributed by atoms with E-state index < -0.39 is 0 Å². The Labute approximate surface area is 168 Å². The lowest BCUT2D eigenvalue weighted by Gasteiger charge is -2.17. The predicted molar refractivity (Wildman–Crippen MR) is 114 cm³/mol. The number of para-hydroxylation sites is 1. The molecule has 0 N–H and O–H groups in total. The van der Waals surface area contributed by atoms with Crippen LogP contribution in [-0.4, -0.2) is 28.2 Å². The lowest BCUT2D eigenvalue weighted by molar-refractivity contribution is -0.116. The summed E-state index contributed by atoms with van der Waals surface area (Å²) in [4.78, 5) is 26.7. The van der Waals surface area contributed by atoms with Crippen LogP contribution in [0.15, 0.2) is 29.3 Å². The zero-order valence-electron chi connectivity index (χ0n) is 16.1. The number of hydrogen-bond acceptors (Lipinski definition) is 5. The Balaban J connectivity index is 1.61. The molecule has 0 aliphatic carbocycles. The van der Waals surface area contributed by atoms with Crippen molar-refractivity contribution in [1.82, 2.24) is 9.97 Å². The topological polar surface area (TPSA) is 46.1 Å². The first kappa shape index (κ1) is 18.4. The van der Waals surface area contributed by atoms with Gasteiger partial charge in [-0.1, -0.05) is 43.8 Å². The highest BCUT2D eigenvalue weighted by molar-refractivity contribution is 8.00. The van der Waals surface area contributed by atoms with Crippen molar-refractivity contribution >= 4 is 44.9 Å². The van der Waals surface area contributed by atoms with Gasteiger partial charge in [0, 0.05) is 28.4 Å². The molecule has 3 aromatic rings. The van der Waals surface area contributed by atoms with Crippen molar-refractivity contribution in [3.05, 3.63) is 46.1 Å². The third-order valence-electron chi connectivity index (χ3n) is 5.05. The van der Waals surface area contributed by atoms with Crippen molar-refractivity contribution in [2.75, 3.05) is 17.2 Å². The summed E-state index contributed by atoms with van der Waals surface area (Å²) < 4.78 is 0. The minimum Gasteiger partial charge on any atom is -0.311 e. The lowest BCUT2D eigenvalue weighted by atomic mass is 10.2. The van der Waals surface area contributed by atoms with Crippen LogP contribution < -0.4 is 4.90 Å². The first-order valence-electron chi connectivity index (χ1n) is 9.24. The van der Waals surface area contributed by atoms with E-state index >= 15 is 0 Å². The van der Waals surface area contributed by atoms with Crippen molar-refractivity contribution in [1.29, 1.82) is 0 Å². The number of nitrogens with zero attached hydrogens (tertiary/aromatic N) is 3. The molecule has 0 spiro atoms. The predicted octanol–water partition coefficient (Wildman–Crippen LogP) is 5.11. The monoisotopic (exact) mass is 397 g/mol. The average Bonchev–Trinajstić information content (AvgIpc) is 3.20. The normalized spacial score (nSPS) is 13.6. The largest absolute Gasteiger partial charge is 0.311 e. The molecule has 1 aliphatic heterocycles. The molecular formula is C21H23N3OS2. The van der Waals surface area contributed by atoms with E-state index in [1.165, 1.54) is 16.0 Å². The molecule has 3 heterocycles. The summed E-state index contributed by atoms with van der Waals surface area (Å²) >= 11 is 3.26. The number of aromatic nitrogens is 2. The minimum atomic E-state index is 0.146. The number of benzene rings is 1. The molecule has 0 saturated carbocycles. The summed E-state index contributed by atoms with van der Waals surface area (Å²) in [5, 5.41) is 2.05. The maximum atomic E-state index is 12.9. The van der Waals surface area contributed by atoms with E-state index in [9.17, 15) is 4.79 Å². The van der Waals surface area contributed by atoms with Crippen LogP contribution in [0.1, 0.15) is 41.6 Å². The van der Waals surface area contributed by atoms with E-state index in [4.69, 9.17) is 9.97 Å². The molecule has 27 heavy (non-hydrogen) atoms. The highest BCUT2D eigenvalue weighted by Crippen LogP contribution is 2.36. The first-order chi connectivity index (χ1) is 13.0. The van der Waals surface area contributed by atoms with Gasteiger partial charge in [-0.05, 0) is 37.5 Å². The second kappa shape index (κ2) is 7.24. The summed E-state index contributed by atoms with van der Waals surface area (Å²) in [6, 6.07) is 8.18. The zero-order valence-corrected chi connectivity index (χ0v) is 17.7. The highest BCUT2D eigenvalue weighted by Gasteiger charge is 2.25. The van der Waals surface area contributed by atoms with E-state index in [0.29, 0.717) is 5.75 Å². The van der Waals surface area contributed by atoms with Crippen molar-refractivity contribution in [2.24, 2.45) is 0 Å². The van der Waals surface area contributed by atoms with Crippen molar-refractivity contribution < 1.29 is 4.79 Å². The number of anilines is 1. The zero-order chi connectivity index (χ0) is 19.1. The second-order valence-corrected chi connectivity index (χ2v) is 9.39. The number of fused-ring (bicyclic) bond motifs is 2. The van der Waals surface area contributed by atoms with Crippen LogP contribution in [0.25, 0.3) is 10.2 Å². The molecule has 4 nitrogen and oxygen atoms in total. The minimum absolute atomic E-state index is 0.146. The number of aryl methyl sites for hydroxylation is 2. The molecule has 1 aliphatic rings. The summed E-state index contributed by atoms with van der Waals surface area (Å²) in [5.74, 6) is 1.65. The SMILES string of the molecule is Cc1sc2nc(C(C)C)nc(SCC(=O)N3CCc4ccccc43)c2c1C. The summed E-state index contributed by atoms with van der Waals surface area (Å²) in [5.41, 5.74) is 3.54. The van der Waals surface area contributed by atoms with Crippen LogP contribution >= 0.6 is 23.1 Å². The van der Waals surface area contributed by atoms with Gasteiger partial charge >= 0.3 is 0 Å². The number of carbonyl (C=O) groups excluding carboxylic acids is 1. The van der Waals surface area contributed by atoms with Gasteiger partial charge in [-0.3, -0.25) is 4.79 Å². The highest BCUT2D eigenvalue weighted by atomic mass is 32.2. The molecule has 6 heteroatoms. The number of hydrogen-bond donors (Lipinski definition) is 0. The van der Waals surface area contributed by atoms with Gasteiger partial charge in [0.1, 0.15) is 15.7 Å². The average molecular weight is 398 g/mol. The standard InChI is InChI=1S/C21H23N3OS2/c1-12(2)19-22-20(18-13(3)14(4)27-21(18)23-19)26-11-17(25)24-10-9-15-7-5-6-8-16(15)24/h5-8,12H,9-11H2,1-4H3. The Morgan fingerprint density at radius 3 is 2.81 bits per heavy atom. The molecule has 4 rings (SSSR count). The fraction of sp³-hybridized carbons (Fsp3) is 0.381. The van der Waals surface area contributed by atoms with Crippen LogP contribution in [0.2, 0.25) is 0 Å². The Kier molecular flexibility index (Phi) is 4.95. The van der Waals surface area contributed by atoms with Crippen LogP contribution in [0, 0.1) is 13.8 Å². The van der Waals surface area contributed by atoms with Gasteiger partial charge in [-0.2, -0.15) is 0 Å². The fourth-order valence-electron chi connectivity index (χ4n) is 3.40.